The maximum absolute atomic E-state index is 12.2. The van der Waals surface area contributed by atoms with Crippen molar-refractivity contribution >= 4 is 5.97 Å². The molecule has 8 heteroatoms. The lowest BCUT2D eigenvalue weighted by Crippen LogP contribution is -2.23. The first-order valence-electron chi connectivity index (χ1n) is 5.25. The summed E-state index contributed by atoms with van der Waals surface area (Å²) in [7, 11) is 0. The summed E-state index contributed by atoms with van der Waals surface area (Å²) < 4.78 is 41.1. The van der Waals surface area contributed by atoms with Gasteiger partial charge in [-0.1, -0.05) is 23.3 Å². The largest absolute Gasteiger partial charge is 0.462 e. The first kappa shape index (κ1) is 14.8. The van der Waals surface area contributed by atoms with Gasteiger partial charge in [0, 0.05) is 4.91 Å². The SMILES string of the molecule is [N-]=[N+]=N[C@H](COC(=O)c1ccccc1)CC(F)(F)F. The van der Waals surface area contributed by atoms with Gasteiger partial charge >= 0.3 is 12.1 Å². The third-order valence-corrected chi connectivity index (χ3v) is 2.10. The van der Waals surface area contributed by atoms with Gasteiger partial charge in [-0.05, 0) is 17.7 Å². The number of benzene rings is 1. The van der Waals surface area contributed by atoms with Crippen LogP contribution in [0.3, 0.4) is 0 Å². The lowest BCUT2D eigenvalue weighted by Gasteiger charge is -2.13. The van der Waals surface area contributed by atoms with Crippen LogP contribution in [0.25, 0.3) is 10.4 Å². The van der Waals surface area contributed by atoms with Crippen LogP contribution in [0.4, 0.5) is 13.2 Å². The molecule has 1 aromatic rings. The molecule has 0 saturated carbocycles. The van der Waals surface area contributed by atoms with Gasteiger partial charge in [-0.2, -0.15) is 13.2 Å². The predicted molar refractivity (Wildman–Crippen MR) is 60.3 cm³/mol. The summed E-state index contributed by atoms with van der Waals surface area (Å²) in [6.07, 6.45) is -5.82. The van der Waals surface area contributed by atoms with Gasteiger partial charge in [0.25, 0.3) is 0 Å². The minimum atomic E-state index is -4.49. The smallest absolute Gasteiger partial charge is 0.389 e. The third kappa shape index (κ3) is 5.78. The fraction of sp³-hybridized carbons (Fsp3) is 0.364. The molecule has 0 radical (unpaired) electrons. The average molecular weight is 273 g/mol. The van der Waals surface area contributed by atoms with Crippen LogP contribution in [0.15, 0.2) is 35.4 Å². The van der Waals surface area contributed by atoms with Gasteiger partial charge in [-0.3, -0.25) is 0 Å². The van der Waals surface area contributed by atoms with Crippen LogP contribution >= 0.6 is 0 Å². The molecule has 0 aromatic heterocycles. The van der Waals surface area contributed by atoms with Crippen molar-refractivity contribution in [2.45, 2.75) is 18.6 Å². The molecule has 1 rings (SSSR count). The Bertz CT molecular complexity index is 470. The van der Waals surface area contributed by atoms with Crippen LogP contribution in [0.2, 0.25) is 0 Å². The Kier molecular flexibility index (Phi) is 5.20. The van der Waals surface area contributed by atoms with E-state index in [1.54, 1.807) is 18.2 Å². The molecule has 0 N–H and O–H groups in total. The highest BCUT2D eigenvalue weighted by molar-refractivity contribution is 5.89. The number of halogens is 3. The summed E-state index contributed by atoms with van der Waals surface area (Å²) in [5.74, 6) is -0.763. The quantitative estimate of drug-likeness (QED) is 0.356. The van der Waals surface area contributed by atoms with E-state index in [1.807, 2.05) is 0 Å². The Balaban J connectivity index is 2.57. The zero-order chi connectivity index (χ0) is 14.3. The number of azide groups is 1. The number of alkyl halides is 3. The van der Waals surface area contributed by atoms with Crippen LogP contribution in [0.1, 0.15) is 16.8 Å². The van der Waals surface area contributed by atoms with Gasteiger partial charge in [-0.15, -0.1) is 0 Å². The van der Waals surface area contributed by atoms with Crippen LogP contribution in [-0.2, 0) is 4.74 Å². The van der Waals surface area contributed by atoms with E-state index in [0.717, 1.165) is 0 Å². The van der Waals surface area contributed by atoms with Crippen molar-refractivity contribution in [3.8, 4) is 0 Å². The number of carbonyl (C=O) groups excluding carboxylic acids is 1. The summed E-state index contributed by atoms with van der Waals surface area (Å²) >= 11 is 0. The Labute approximate surface area is 106 Å². The van der Waals surface area contributed by atoms with Crippen LogP contribution in [0, 0.1) is 0 Å². The Hall–Kier alpha value is -2.21. The average Bonchev–Trinajstić information content (AvgIpc) is 2.35. The second-order valence-electron chi connectivity index (χ2n) is 3.64. The molecule has 1 aromatic carbocycles. The third-order valence-electron chi connectivity index (χ3n) is 2.10. The molecular formula is C11H10F3N3O2. The maximum Gasteiger partial charge on any atom is 0.389 e. The fourth-order valence-corrected chi connectivity index (χ4v) is 1.30. The molecule has 0 saturated heterocycles. The van der Waals surface area contributed by atoms with Crippen LogP contribution in [-0.4, -0.2) is 24.8 Å². The van der Waals surface area contributed by atoms with Crippen molar-refractivity contribution in [3.05, 3.63) is 46.3 Å². The van der Waals surface area contributed by atoms with Gasteiger partial charge < -0.3 is 4.74 Å². The van der Waals surface area contributed by atoms with E-state index < -0.39 is 31.2 Å². The highest BCUT2D eigenvalue weighted by atomic mass is 19.4. The van der Waals surface area contributed by atoms with Crippen LogP contribution in [0.5, 0.6) is 0 Å². The van der Waals surface area contributed by atoms with Crippen molar-refractivity contribution in [2.24, 2.45) is 5.11 Å². The van der Waals surface area contributed by atoms with Crippen molar-refractivity contribution in [3.63, 3.8) is 0 Å². The number of ether oxygens (including phenoxy) is 1. The molecule has 0 unspecified atom stereocenters. The molecule has 0 aliphatic carbocycles. The molecule has 0 bridgehead atoms. The lowest BCUT2D eigenvalue weighted by atomic mass is 10.2. The Morgan fingerprint density at radius 1 is 1.37 bits per heavy atom. The normalized spacial score (nSPS) is 12.4. The van der Waals surface area contributed by atoms with Crippen molar-refractivity contribution in [1.82, 2.24) is 0 Å². The maximum atomic E-state index is 12.2. The summed E-state index contributed by atoms with van der Waals surface area (Å²) in [6, 6.07) is 6.35. The van der Waals surface area contributed by atoms with Crippen molar-refractivity contribution in [1.29, 1.82) is 0 Å². The number of rotatable bonds is 5. The molecule has 0 spiro atoms. The van der Waals surface area contributed by atoms with E-state index in [-0.39, 0.29) is 5.56 Å². The van der Waals surface area contributed by atoms with Crippen LogP contribution < -0.4 is 0 Å². The molecular weight excluding hydrogens is 263 g/mol. The number of carbonyl (C=O) groups is 1. The number of hydrogen-bond acceptors (Lipinski definition) is 3. The molecule has 19 heavy (non-hydrogen) atoms. The lowest BCUT2D eigenvalue weighted by molar-refractivity contribution is -0.140. The number of hydrogen-bond donors (Lipinski definition) is 0. The van der Waals surface area contributed by atoms with E-state index in [1.165, 1.54) is 12.1 Å². The standard InChI is InChI=1S/C11H10F3N3O2/c12-11(13,14)6-9(16-17-15)7-19-10(18)8-4-2-1-3-5-8/h1-5,9H,6-7H2/t9-/m0/s1. The predicted octanol–water partition coefficient (Wildman–Crippen LogP) is 3.47. The first-order chi connectivity index (χ1) is 8.92. The van der Waals surface area contributed by atoms with Gasteiger partial charge in [0.2, 0.25) is 0 Å². The highest BCUT2D eigenvalue weighted by Gasteiger charge is 2.32. The van der Waals surface area contributed by atoms with E-state index in [9.17, 15) is 18.0 Å². The number of nitrogens with zero attached hydrogens (tertiary/aromatic N) is 3. The molecule has 1 atom stereocenters. The summed E-state index contributed by atoms with van der Waals surface area (Å²) in [5.41, 5.74) is 8.38. The number of esters is 1. The molecule has 0 aliphatic heterocycles. The van der Waals surface area contributed by atoms with Gasteiger partial charge in [0.1, 0.15) is 6.61 Å². The van der Waals surface area contributed by atoms with E-state index >= 15 is 0 Å². The Morgan fingerprint density at radius 3 is 2.53 bits per heavy atom. The molecule has 0 aliphatic rings. The second kappa shape index (κ2) is 6.65. The van der Waals surface area contributed by atoms with Crippen molar-refractivity contribution < 1.29 is 22.7 Å². The summed E-state index contributed by atoms with van der Waals surface area (Å²) in [5, 5.41) is 2.96. The minimum Gasteiger partial charge on any atom is -0.462 e. The molecule has 0 heterocycles. The molecule has 102 valence electrons. The van der Waals surface area contributed by atoms with E-state index in [4.69, 9.17) is 5.53 Å². The zero-order valence-corrected chi connectivity index (χ0v) is 9.67. The minimum absolute atomic E-state index is 0.217. The van der Waals surface area contributed by atoms with E-state index in [0.29, 0.717) is 0 Å². The first-order valence-corrected chi connectivity index (χ1v) is 5.25. The summed E-state index contributed by atoms with van der Waals surface area (Å²) in [4.78, 5) is 13.8. The fourth-order valence-electron chi connectivity index (χ4n) is 1.30. The molecule has 0 amide bonds. The van der Waals surface area contributed by atoms with Crippen molar-refractivity contribution in [2.75, 3.05) is 6.61 Å². The van der Waals surface area contributed by atoms with E-state index in [2.05, 4.69) is 14.8 Å². The molecule has 5 nitrogen and oxygen atoms in total. The second-order valence-corrected chi connectivity index (χ2v) is 3.64. The summed E-state index contributed by atoms with van der Waals surface area (Å²) in [6.45, 7) is -0.614. The molecule has 0 fully saturated rings. The van der Waals surface area contributed by atoms with Gasteiger partial charge in [0.05, 0.1) is 18.0 Å². The highest BCUT2D eigenvalue weighted by Crippen LogP contribution is 2.23. The van der Waals surface area contributed by atoms with Gasteiger partial charge in [0.15, 0.2) is 0 Å². The van der Waals surface area contributed by atoms with Gasteiger partial charge in [-0.25, -0.2) is 4.79 Å². The zero-order valence-electron chi connectivity index (χ0n) is 9.67. The monoisotopic (exact) mass is 273 g/mol. The topological polar surface area (TPSA) is 75.1 Å². The Morgan fingerprint density at radius 2 is 2.00 bits per heavy atom.